The summed E-state index contributed by atoms with van der Waals surface area (Å²) in [6.07, 6.45) is 0. The van der Waals surface area contributed by atoms with E-state index in [9.17, 15) is 10.1 Å². The van der Waals surface area contributed by atoms with Gasteiger partial charge >= 0.3 is 0 Å². The molecule has 0 aromatic carbocycles. The number of nitrogens with zero attached hydrogens (tertiary/aromatic N) is 3. The van der Waals surface area contributed by atoms with E-state index in [0.717, 1.165) is 17.0 Å². The summed E-state index contributed by atoms with van der Waals surface area (Å²) in [4.78, 5) is 12.2. The Morgan fingerprint density at radius 2 is 2.30 bits per heavy atom. The van der Waals surface area contributed by atoms with Crippen molar-refractivity contribution in [2.45, 2.75) is 32.9 Å². The highest BCUT2D eigenvalue weighted by Crippen LogP contribution is 2.17. The van der Waals surface area contributed by atoms with E-state index in [1.165, 1.54) is 11.3 Å². The van der Waals surface area contributed by atoms with Crippen molar-refractivity contribution >= 4 is 17.2 Å². The minimum absolute atomic E-state index is 0.214. The number of nitrogens with one attached hydrogen (secondary N) is 1. The second kappa shape index (κ2) is 5.88. The number of rotatable bonds is 4. The lowest BCUT2D eigenvalue weighted by Gasteiger charge is -2.17. The Balaban J connectivity index is 2.12. The second-order valence-corrected chi connectivity index (χ2v) is 5.46. The minimum Gasteiger partial charge on any atom is -0.335 e. The van der Waals surface area contributed by atoms with Crippen molar-refractivity contribution in [3.05, 3.63) is 39.8 Å². The van der Waals surface area contributed by atoms with E-state index in [0.29, 0.717) is 0 Å². The molecule has 0 aliphatic rings. The molecule has 0 bridgehead atoms. The molecule has 1 amide bonds. The first-order valence-corrected chi connectivity index (χ1v) is 7.22. The maximum atomic E-state index is 12.2. The van der Waals surface area contributed by atoms with Gasteiger partial charge in [-0.15, -0.1) is 0 Å². The lowest BCUT2D eigenvalue weighted by Crippen LogP contribution is -2.34. The largest absolute Gasteiger partial charge is 0.335 e. The molecule has 2 rings (SSSR count). The maximum Gasteiger partial charge on any atom is 0.245 e. The molecule has 2 atom stereocenters. The molecule has 0 saturated carbocycles. The molecule has 1 N–H and O–H groups in total. The molecule has 104 valence electrons. The van der Waals surface area contributed by atoms with Crippen LogP contribution < -0.4 is 5.32 Å². The molecule has 5 nitrogen and oxygen atoms in total. The summed E-state index contributed by atoms with van der Waals surface area (Å²) in [5.41, 5.74) is 2.61. The molecule has 0 saturated heterocycles. The van der Waals surface area contributed by atoms with Crippen LogP contribution >= 0.6 is 11.3 Å². The monoisotopic (exact) mass is 288 g/mol. The first-order chi connectivity index (χ1) is 9.52. The minimum atomic E-state index is -0.617. The summed E-state index contributed by atoms with van der Waals surface area (Å²) >= 11 is 1.50. The van der Waals surface area contributed by atoms with Gasteiger partial charge in [0.2, 0.25) is 5.91 Å². The van der Waals surface area contributed by atoms with Gasteiger partial charge in [-0.3, -0.25) is 9.48 Å². The maximum absolute atomic E-state index is 12.2. The SMILES string of the molecule is Cc1cc(C)n([C@@H](C)C(=O)N[C@@H](C#N)c2ccsc2)n1. The first-order valence-electron chi connectivity index (χ1n) is 6.27. The number of aryl methyl sites for hydroxylation is 2. The summed E-state index contributed by atoms with van der Waals surface area (Å²) in [6.45, 7) is 5.57. The molecule has 2 aromatic heterocycles. The van der Waals surface area contributed by atoms with Crippen molar-refractivity contribution in [3.63, 3.8) is 0 Å². The average molecular weight is 288 g/mol. The topological polar surface area (TPSA) is 70.7 Å². The fraction of sp³-hybridized carbons (Fsp3) is 0.357. The molecule has 2 aromatic rings. The van der Waals surface area contributed by atoms with Gasteiger partial charge in [0.1, 0.15) is 12.1 Å². The highest BCUT2D eigenvalue weighted by atomic mass is 32.1. The van der Waals surface area contributed by atoms with E-state index < -0.39 is 12.1 Å². The third kappa shape index (κ3) is 2.89. The summed E-state index contributed by atoms with van der Waals surface area (Å²) in [5, 5.41) is 20.0. The van der Waals surface area contributed by atoms with Gasteiger partial charge in [-0.1, -0.05) is 0 Å². The number of hydrogen-bond donors (Lipinski definition) is 1. The molecule has 0 radical (unpaired) electrons. The van der Waals surface area contributed by atoms with Crippen LogP contribution in [0.1, 0.15) is 36.0 Å². The van der Waals surface area contributed by atoms with Crippen LogP contribution in [0.2, 0.25) is 0 Å². The van der Waals surface area contributed by atoms with Crippen LogP contribution in [-0.2, 0) is 4.79 Å². The van der Waals surface area contributed by atoms with Crippen LogP contribution in [0.3, 0.4) is 0 Å². The molecular weight excluding hydrogens is 272 g/mol. The number of amides is 1. The van der Waals surface area contributed by atoms with Gasteiger partial charge in [-0.25, -0.2) is 0 Å². The quantitative estimate of drug-likeness (QED) is 0.939. The predicted molar refractivity (Wildman–Crippen MR) is 77.2 cm³/mol. The molecular formula is C14H16N4OS. The highest BCUT2D eigenvalue weighted by molar-refractivity contribution is 7.08. The normalized spacial score (nSPS) is 13.5. The van der Waals surface area contributed by atoms with Gasteiger partial charge in [0.25, 0.3) is 0 Å². The van der Waals surface area contributed by atoms with Gasteiger partial charge < -0.3 is 5.32 Å². The lowest BCUT2D eigenvalue weighted by molar-refractivity contribution is -0.124. The number of aromatic nitrogens is 2. The third-order valence-electron chi connectivity index (χ3n) is 3.08. The molecule has 0 aliphatic carbocycles. The van der Waals surface area contributed by atoms with Crippen molar-refractivity contribution < 1.29 is 4.79 Å². The second-order valence-electron chi connectivity index (χ2n) is 4.68. The van der Waals surface area contributed by atoms with Crippen LogP contribution in [-0.4, -0.2) is 15.7 Å². The van der Waals surface area contributed by atoms with E-state index in [1.54, 1.807) is 11.6 Å². The number of hydrogen-bond acceptors (Lipinski definition) is 4. The molecule has 6 heteroatoms. The van der Waals surface area contributed by atoms with Crippen molar-refractivity contribution in [1.82, 2.24) is 15.1 Å². The van der Waals surface area contributed by atoms with Gasteiger partial charge in [0.05, 0.1) is 11.8 Å². The Hall–Kier alpha value is -2.13. The summed E-state index contributed by atoms with van der Waals surface area (Å²) in [7, 11) is 0. The van der Waals surface area contributed by atoms with Crippen LogP contribution in [0, 0.1) is 25.2 Å². The van der Waals surface area contributed by atoms with Crippen LogP contribution in [0.4, 0.5) is 0 Å². The van der Waals surface area contributed by atoms with Crippen molar-refractivity contribution in [2.75, 3.05) is 0 Å². The van der Waals surface area contributed by atoms with Crippen LogP contribution in [0.5, 0.6) is 0 Å². The van der Waals surface area contributed by atoms with E-state index in [-0.39, 0.29) is 5.91 Å². The third-order valence-corrected chi connectivity index (χ3v) is 3.78. The fourth-order valence-corrected chi connectivity index (χ4v) is 2.73. The number of carbonyl (C=O) groups excluding carboxylic acids is 1. The number of thiophene rings is 1. The zero-order valence-corrected chi connectivity index (χ0v) is 12.4. The van der Waals surface area contributed by atoms with Crippen LogP contribution in [0.15, 0.2) is 22.9 Å². The fourth-order valence-electron chi connectivity index (χ4n) is 2.04. The molecule has 0 aliphatic heterocycles. The lowest BCUT2D eigenvalue weighted by atomic mass is 10.1. The number of carbonyl (C=O) groups is 1. The zero-order valence-electron chi connectivity index (χ0n) is 11.6. The number of nitriles is 1. The Morgan fingerprint density at radius 1 is 1.55 bits per heavy atom. The Labute approximate surface area is 121 Å². The van der Waals surface area contributed by atoms with E-state index in [2.05, 4.69) is 16.5 Å². The van der Waals surface area contributed by atoms with Crippen molar-refractivity contribution in [3.8, 4) is 6.07 Å². The van der Waals surface area contributed by atoms with Crippen LogP contribution in [0.25, 0.3) is 0 Å². The highest BCUT2D eigenvalue weighted by Gasteiger charge is 2.21. The molecule has 0 spiro atoms. The van der Waals surface area contributed by atoms with Gasteiger partial charge in [0, 0.05) is 5.69 Å². The molecule has 2 heterocycles. The predicted octanol–water partition coefficient (Wildman–Crippen LogP) is 2.50. The Kier molecular flexibility index (Phi) is 4.20. The summed E-state index contributed by atoms with van der Waals surface area (Å²) < 4.78 is 1.67. The average Bonchev–Trinajstić information content (AvgIpc) is 3.04. The molecule has 0 unspecified atom stereocenters. The smallest absolute Gasteiger partial charge is 0.245 e. The van der Waals surface area contributed by atoms with E-state index >= 15 is 0 Å². The van der Waals surface area contributed by atoms with E-state index in [4.69, 9.17) is 0 Å². The standard InChI is InChI=1S/C14H16N4OS/c1-9-6-10(2)18(17-9)11(3)14(19)16-13(7-15)12-4-5-20-8-12/h4-6,8,11,13H,1-3H3,(H,16,19)/t11-,13-/m0/s1. The molecule has 20 heavy (non-hydrogen) atoms. The zero-order chi connectivity index (χ0) is 14.7. The molecule has 0 fully saturated rings. The van der Waals surface area contributed by atoms with Crippen molar-refractivity contribution in [1.29, 1.82) is 5.26 Å². The van der Waals surface area contributed by atoms with Gasteiger partial charge in [-0.05, 0) is 49.2 Å². The van der Waals surface area contributed by atoms with Gasteiger partial charge in [0.15, 0.2) is 0 Å². The summed E-state index contributed by atoms with van der Waals surface area (Å²) in [6, 6.07) is 4.80. The summed E-state index contributed by atoms with van der Waals surface area (Å²) in [5.74, 6) is -0.214. The Morgan fingerprint density at radius 3 is 2.80 bits per heavy atom. The van der Waals surface area contributed by atoms with Gasteiger partial charge in [-0.2, -0.15) is 21.7 Å². The Bertz CT molecular complexity index is 639. The first kappa shape index (κ1) is 14.3. The van der Waals surface area contributed by atoms with E-state index in [1.807, 2.05) is 36.7 Å². The van der Waals surface area contributed by atoms with Crippen molar-refractivity contribution in [2.24, 2.45) is 0 Å².